The molecule has 2 amide bonds. The lowest BCUT2D eigenvalue weighted by Gasteiger charge is -2.35. The molecule has 3 aliphatic rings. The van der Waals surface area contributed by atoms with Crippen LogP contribution in [0.15, 0.2) is 41.1 Å². The van der Waals surface area contributed by atoms with Gasteiger partial charge in [0, 0.05) is 55.3 Å². The average molecular weight is 660 g/mol. The Hall–Kier alpha value is -3.99. The maximum absolute atomic E-state index is 14.4. The molecule has 0 aromatic carbocycles. The van der Waals surface area contributed by atoms with Crippen LogP contribution in [-0.2, 0) is 9.53 Å². The molecule has 3 heterocycles. The molecular weight excluding hydrogens is 610 g/mol. The second-order valence-corrected chi connectivity index (χ2v) is 14.0. The first kappa shape index (κ1) is 33.9. The van der Waals surface area contributed by atoms with E-state index in [2.05, 4.69) is 6.07 Å². The van der Waals surface area contributed by atoms with Crippen molar-refractivity contribution in [2.75, 3.05) is 32.1 Å². The number of carbonyl (C=O) groups excluding carboxylic acids is 2. The molecule has 3 fully saturated rings. The number of aliphatic hydroxyl groups excluding tert-OH is 1. The van der Waals surface area contributed by atoms with Crippen molar-refractivity contribution >= 4 is 17.8 Å². The van der Waals surface area contributed by atoms with Gasteiger partial charge >= 0.3 is 6.09 Å². The van der Waals surface area contributed by atoms with Gasteiger partial charge in [-0.1, -0.05) is 0 Å². The van der Waals surface area contributed by atoms with Crippen LogP contribution in [0.3, 0.4) is 0 Å². The summed E-state index contributed by atoms with van der Waals surface area (Å²) >= 11 is 0. The Morgan fingerprint density at radius 1 is 1.00 bits per heavy atom. The SMILES string of the molecule is COc1ccc([C@H]2CC[C@H](CN(c3cc(-c4coc(C5CC5)n4)ccn3)C(=O)[C@H]3CC[C@H](OC(=O)N(C)CC(C)O)CC3)CC2)nc1C. The highest BCUT2D eigenvalue weighted by Crippen LogP contribution is 2.41. The summed E-state index contributed by atoms with van der Waals surface area (Å²) in [5.41, 5.74) is 3.67. The van der Waals surface area contributed by atoms with Gasteiger partial charge in [0.05, 0.1) is 18.9 Å². The van der Waals surface area contributed by atoms with E-state index in [9.17, 15) is 14.7 Å². The minimum absolute atomic E-state index is 0.0732. The summed E-state index contributed by atoms with van der Waals surface area (Å²) in [6.45, 7) is 4.43. The number of ether oxygens (including phenoxy) is 2. The topological polar surface area (TPSA) is 131 Å². The van der Waals surface area contributed by atoms with Gasteiger partial charge in [0.15, 0.2) is 5.89 Å². The van der Waals surface area contributed by atoms with Crippen LogP contribution in [0, 0.1) is 18.8 Å². The normalized spacial score (nSPS) is 23.3. The third-order valence-corrected chi connectivity index (χ3v) is 10.2. The van der Waals surface area contributed by atoms with Crippen LogP contribution in [0.25, 0.3) is 11.3 Å². The highest BCUT2D eigenvalue weighted by molar-refractivity contribution is 5.94. The number of oxazole rings is 1. The number of aliphatic hydroxyl groups is 1. The van der Waals surface area contributed by atoms with Gasteiger partial charge in [-0.05, 0) is 108 Å². The molecule has 11 heteroatoms. The highest BCUT2D eigenvalue weighted by Gasteiger charge is 2.35. The van der Waals surface area contributed by atoms with E-state index in [0.717, 1.165) is 72.8 Å². The molecule has 0 spiro atoms. The van der Waals surface area contributed by atoms with Gasteiger partial charge in [0.1, 0.15) is 29.6 Å². The molecule has 0 saturated heterocycles. The molecule has 48 heavy (non-hydrogen) atoms. The fraction of sp³-hybridized carbons (Fsp3) is 0.595. The summed E-state index contributed by atoms with van der Waals surface area (Å²) in [5.74, 6) is 3.26. The number of hydrogen-bond acceptors (Lipinski definition) is 9. The fourth-order valence-electron chi connectivity index (χ4n) is 7.22. The summed E-state index contributed by atoms with van der Waals surface area (Å²) < 4.78 is 16.9. The number of pyridine rings is 2. The number of anilines is 1. The highest BCUT2D eigenvalue weighted by atomic mass is 16.6. The van der Waals surface area contributed by atoms with Crippen LogP contribution in [0.2, 0.25) is 0 Å². The van der Waals surface area contributed by atoms with E-state index in [0.29, 0.717) is 55.8 Å². The third-order valence-electron chi connectivity index (χ3n) is 10.2. The number of nitrogens with zero attached hydrogens (tertiary/aromatic N) is 5. The van der Waals surface area contributed by atoms with E-state index < -0.39 is 12.2 Å². The van der Waals surface area contributed by atoms with Crippen molar-refractivity contribution in [2.24, 2.45) is 11.8 Å². The zero-order valence-corrected chi connectivity index (χ0v) is 28.6. The van der Waals surface area contributed by atoms with Gasteiger partial charge in [-0.15, -0.1) is 0 Å². The van der Waals surface area contributed by atoms with E-state index in [1.54, 1.807) is 33.5 Å². The molecule has 3 aromatic heterocycles. The van der Waals surface area contributed by atoms with Crippen molar-refractivity contribution in [3.8, 4) is 17.0 Å². The zero-order chi connectivity index (χ0) is 33.8. The standard InChI is InChI=1S/C37H49N5O6/c1-23(43)20-41(3)37(45)48-30-13-11-28(12-14-30)36(44)42(34-19-29(17-18-38-34)32-22-47-35(40-32)27-9-10-27)21-25-5-7-26(8-6-25)31-15-16-33(46-4)24(2)39-31/h15-19,22-23,25-28,30,43H,5-14,20-21H2,1-4H3/t23?,25-,26-,28-,30-. The number of methoxy groups -OCH3 is 1. The second kappa shape index (κ2) is 15.1. The number of aryl methyl sites for hydroxylation is 1. The summed E-state index contributed by atoms with van der Waals surface area (Å²) in [7, 11) is 3.29. The monoisotopic (exact) mass is 659 g/mol. The largest absolute Gasteiger partial charge is 0.495 e. The van der Waals surface area contributed by atoms with Gasteiger partial charge < -0.3 is 23.9 Å². The molecule has 3 aliphatic carbocycles. The molecule has 0 aliphatic heterocycles. The van der Waals surface area contributed by atoms with E-state index in [4.69, 9.17) is 28.8 Å². The molecule has 0 radical (unpaired) electrons. The molecule has 11 nitrogen and oxygen atoms in total. The van der Waals surface area contributed by atoms with Gasteiger partial charge in [-0.25, -0.2) is 14.8 Å². The van der Waals surface area contributed by atoms with Crippen molar-refractivity contribution in [3.05, 3.63) is 54.0 Å². The summed E-state index contributed by atoms with van der Waals surface area (Å²) in [5, 5.41) is 9.63. The smallest absolute Gasteiger partial charge is 0.409 e. The predicted octanol–water partition coefficient (Wildman–Crippen LogP) is 6.64. The van der Waals surface area contributed by atoms with E-state index in [-0.39, 0.29) is 24.5 Å². The Morgan fingerprint density at radius 2 is 1.73 bits per heavy atom. The zero-order valence-electron chi connectivity index (χ0n) is 28.6. The van der Waals surface area contributed by atoms with Gasteiger partial charge in [0.2, 0.25) is 5.91 Å². The first-order chi connectivity index (χ1) is 23.2. The fourth-order valence-corrected chi connectivity index (χ4v) is 7.22. The molecule has 258 valence electrons. The van der Waals surface area contributed by atoms with Crippen molar-refractivity contribution in [3.63, 3.8) is 0 Å². The Balaban J connectivity index is 1.14. The Labute approximate surface area is 283 Å². The number of aromatic nitrogens is 3. The second-order valence-electron chi connectivity index (χ2n) is 14.0. The summed E-state index contributed by atoms with van der Waals surface area (Å²) in [4.78, 5) is 44.4. The summed E-state index contributed by atoms with van der Waals surface area (Å²) in [6, 6.07) is 7.98. The lowest BCUT2D eigenvalue weighted by atomic mass is 9.79. The maximum atomic E-state index is 14.4. The third kappa shape index (κ3) is 8.17. The number of carbonyl (C=O) groups is 2. The van der Waals surface area contributed by atoms with Gasteiger partial charge in [-0.2, -0.15) is 0 Å². The lowest BCUT2D eigenvalue weighted by molar-refractivity contribution is -0.124. The number of amides is 2. The van der Waals surface area contributed by atoms with Gasteiger partial charge in [0.25, 0.3) is 0 Å². The van der Waals surface area contributed by atoms with E-state index in [1.807, 2.05) is 30.0 Å². The van der Waals surface area contributed by atoms with Crippen LogP contribution in [-0.4, -0.2) is 76.4 Å². The van der Waals surface area contributed by atoms with Crippen LogP contribution < -0.4 is 9.64 Å². The molecule has 3 saturated carbocycles. The number of hydrogen-bond donors (Lipinski definition) is 1. The molecule has 3 aromatic rings. The molecular formula is C37H49N5O6. The van der Waals surface area contributed by atoms with Gasteiger partial charge in [-0.3, -0.25) is 14.7 Å². The van der Waals surface area contributed by atoms with Crippen LogP contribution >= 0.6 is 0 Å². The van der Waals surface area contributed by atoms with Crippen LogP contribution in [0.1, 0.15) is 100 Å². The van der Waals surface area contributed by atoms with Crippen molar-refractivity contribution < 1.29 is 28.6 Å². The molecule has 1 unspecified atom stereocenters. The molecule has 1 atom stereocenters. The Morgan fingerprint density at radius 3 is 2.40 bits per heavy atom. The van der Waals surface area contributed by atoms with Crippen LogP contribution in [0.4, 0.5) is 10.6 Å². The minimum atomic E-state index is -0.628. The van der Waals surface area contributed by atoms with Crippen molar-refractivity contribution in [2.45, 2.75) is 102 Å². The number of likely N-dealkylation sites (N-methyl/N-ethyl adjacent to an activating group) is 1. The van der Waals surface area contributed by atoms with Crippen molar-refractivity contribution in [1.82, 2.24) is 19.9 Å². The lowest BCUT2D eigenvalue weighted by Crippen LogP contribution is -2.43. The first-order valence-electron chi connectivity index (χ1n) is 17.5. The average Bonchev–Trinajstić information content (AvgIpc) is 3.83. The molecule has 6 rings (SSSR count). The Bertz CT molecular complexity index is 1560. The van der Waals surface area contributed by atoms with Crippen LogP contribution in [0.5, 0.6) is 5.75 Å². The number of rotatable bonds is 11. The van der Waals surface area contributed by atoms with Crippen molar-refractivity contribution in [1.29, 1.82) is 0 Å². The minimum Gasteiger partial charge on any atom is -0.495 e. The molecule has 1 N–H and O–H groups in total. The first-order valence-corrected chi connectivity index (χ1v) is 17.5. The van der Waals surface area contributed by atoms with E-state index >= 15 is 0 Å². The van der Waals surface area contributed by atoms with E-state index in [1.165, 1.54) is 4.90 Å². The molecule has 0 bridgehead atoms. The summed E-state index contributed by atoms with van der Waals surface area (Å²) in [6.07, 6.45) is 10.9. The quantitative estimate of drug-likeness (QED) is 0.241. The maximum Gasteiger partial charge on any atom is 0.409 e. The Kier molecular flexibility index (Phi) is 10.6. The predicted molar refractivity (Wildman–Crippen MR) is 181 cm³/mol.